The Hall–Kier alpha value is -3.94. The van der Waals surface area contributed by atoms with E-state index in [1.807, 2.05) is 34.5 Å². The first-order chi connectivity index (χ1) is 19.9. The van der Waals surface area contributed by atoms with Crippen molar-refractivity contribution in [2.24, 2.45) is 5.16 Å². The average Bonchev–Trinajstić information content (AvgIpc) is 3.73. The van der Waals surface area contributed by atoms with E-state index in [0.29, 0.717) is 36.0 Å². The van der Waals surface area contributed by atoms with E-state index in [1.165, 1.54) is 36.6 Å². The molecule has 1 amide bonds. The summed E-state index contributed by atoms with van der Waals surface area (Å²) in [6.07, 6.45) is -0.412. The fourth-order valence-electron chi connectivity index (χ4n) is 5.33. The van der Waals surface area contributed by atoms with Gasteiger partial charge in [-0.15, -0.1) is 11.3 Å². The molecule has 0 saturated carbocycles. The van der Waals surface area contributed by atoms with E-state index in [-0.39, 0.29) is 24.4 Å². The van der Waals surface area contributed by atoms with Crippen molar-refractivity contribution in [2.45, 2.75) is 44.1 Å². The van der Waals surface area contributed by atoms with E-state index in [0.717, 1.165) is 23.4 Å². The molecular weight excluding hydrogens is 554 g/mol. The minimum Gasteiger partial charge on any atom is -0.453 e. The maximum Gasteiger partial charge on any atom is 0.413 e. The number of likely N-dealkylation sites (tertiary alicyclic amines) is 1. The third-order valence-corrected chi connectivity index (χ3v) is 8.52. The summed E-state index contributed by atoms with van der Waals surface area (Å²) in [6, 6.07) is 11.2. The molecule has 2 aromatic carbocycles. The van der Waals surface area contributed by atoms with Crippen molar-refractivity contribution >= 4 is 40.1 Å². The Morgan fingerprint density at radius 1 is 1.17 bits per heavy atom. The van der Waals surface area contributed by atoms with Gasteiger partial charge in [0.1, 0.15) is 23.6 Å². The number of hydrogen-bond acceptors (Lipinski definition) is 9. The molecule has 0 bridgehead atoms. The lowest BCUT2D eigenvalue weighted by molar-refractivity contribution is -0.0212. The van der Waals surface area contributed by atoms with E-state index in [4.69, 9.17) is 14.6 Å². The normalized spacial score (nSPS) is 18.7. The molecule has 2 aromatic heterocycles. The molecular formula is C28H28F2N6O4S. The van der Waals surface area contributed by atoms with Crippen molar-refractivity contribution in [3.8, 4) is 0 Å². The zero-order valence-corrected chi connectivity index (χ0v) is 23.0. The molecule has 2 unspecified atom stereocenters. The number of aliphatic hydroxyl groups is 1. The number of carbonyl (C=O) groups is 1. The predicted octanol–water partition coefficient (Wildman–Crippen LogP) is 5.01. The van der Waals surface area contributed by atoms with Crippen molar-refractivity contribution < 1.29 is 28.3 Å². The number of aromatic nitrogens is 3. The van der Waals surface area contributed by atoms with E-state index in [2.05, 4.69) is 15.5 Å². The number of nitrogens with one attached hydrogen (secondary N) is 1. The van der Waals surface area contributed by atoms with Crippen LogP contribution < -0.4 is 5.32 Å². The summed E-state index contributed by atoms with van der Waals surface area (Å²) in [7, 11) is 1.28. The number of thiazole rings is 1. The Bertz CT molecular complexity index is 1580. The number of piperidine rings is 1. The van der Waals surface area contributed by atoms with Gasteiger partial charge in [-0.1, -0.05) is 23.4 Å². The maximum absolute atomic E-state index is 14.2. The molecule has 0 spiro atoms. The minimum absolute atomic E-state index is 0.121. The van der Waals surface area contributed by atoms with Crippen LogP contribution in [0, 0.1) is 11.6 Å². The second-order valence-corrected chi connectivity index (χ2v) is 10.9. The van der Waals surface area contributed by atoms with Crippen molar-refractivity contribution in [1.82, 2.24) is 19.4 Å². The molecule has 2 aliphatic heterocycles. The largest absolute Gasteiger partial charge is 0.453 e. The lowest BCUT2D eigenvalue weighted by atomic mass is 9.97. The third kappa shape index (κ3) is 5.52. The quantitative estimate of drug-likeness (QED) is 0.315. The van der Waals surface area contributed by atoms with E-state index >= 15 is 0 Å². The average molecular weight is 583 g/mol. The molecule has 2 N–H and O–H groups in total. The molecule has 6 rings (SSSR count). The highest BCUT2D eigenvalue weighted by Crippen LogP contribution is 2.35. The van der Waals surface area contributed by atoms with Crippen LogP contribution in [0.2, 0.25) is 0 Å². The summed E-state index contributed by atoms with van der Waals surface area (Å²) in [5.41, 5.74) is 2.60. The molecule has 13 heteroatoms. The van der Waals surface area contributed by atoms with Gasteiger partial charge >= 0.3 is 6.09 Å². The topological polar surface area (TPSA) is 114 Å². The first kappa shape index (κ1) is 27.2. The van der Waals surface area contributed by atoms with Crippen LogP contribution in [0.3, 0.4) is 0 Å². The van der Waals surface area contributed by atoms with E-state index in [1.54, 1.807) is 4.57 Å². The molecule has 0 radical (unpaired) electrons. The van der Waals surface area contributed by atoms with Crippen LogP contribution >= 0.6 is 11.3 Å². The number of carbonyl (C=O) groups excluding carboxylic acids is 1. The molecule has 1 saturated heterocycles. The van der Waals surface area contributed by atoms with Crippen LogP contribution in [0.1, 0.15) is 47.5 Å². The van der Waals surface area contributed by atoms with Crippen molar-refractivity contribution in [3.05, 3.63) is 75.7 Å². The highest BCUT2D eigenvalue weighted by atomic mass is 32.1. The number of anilines is 1. The second kappa shape index (κ2) is 11.5. The van der Waals surface area contributed by atoms with Gasteiger partial charge < -0.3 is 19.2 Å². The number of para-hydroxylation sites is 2. The van der Waals surface area contributed by atoms with Crippen LogP contribution in [0.25, 0.3) is 11.0 Å². The number of halogens is 2. The van der Waals surface area contributed by atoms with Crippen molar-refractivity contribution in [1.29, 1.82) is 0 Å². The van der Waals surface area contributed by atoms with Gasteiger partial charge in [0.2, 0.25) is 5.95 Å². The van der Waals surface area contributed by atoms with Crippen molar-refractivity contribution in [2.75, 3.05) is 25.5 Å². The number of oxime groups is 1. The maximum atomic E-state index is 14.2. The Kier molecular flexibility index (Phi) is 7.65. The van der Waals surface area contributed by atoms with Gasteiger partial charge in [-0.2, -0.15) is 0 Å². The Labute approximate surface area is 238 Å². The standard InChI is InChI=1S/C28H28F2N6O4S/c1-39-28(38)33-27-32-19-7-2-3-8-22(19)36(27)14-24(37)35-11-9-16(10-12-35)26-31-21(15-41-26)20-13-23(40-34-20)25-17(29)5-4-6-18(25)30/h2-8,15-16,23-24,37H,9-14H2,1H3,(H,32,33,38). The zero-order valence-electron chi connectivity index (χ0n) is 22.2. The smallest absolute Gasteiger partial charge is 0.413 e. The summed E-state index contributed by atoms with van der Waals surface area (Å²) < 4.78 is 34.9. The number of aliphatic hydroxyl groups excluding tert-OH is 1. The summed E-state index contributed by atoms with van der Waals surface area (Å²) in [4.78, 5) is 28.5. The molecule has 10 nitrogen and oxygen atoms in total. The van der Waals surface area contributed by atoms with Gasteiger partial charge in [-0.3, -0.25) is 10.2 Å². The van der Waals surface area contributed by atoms with Gasteiger partial charge in [0.25, 0.3) is 0 Å². The summed E-state index contributed by atoms with van der Waals surface area (Å²) in [6.45, 7) is 1.53. The summed E-state index contributed by atoms with van der Waals surface area (Å²) in [5.74, 6) is -0.792. The molecule has 4 heterocycles. The number of hydrogen-bond donors (Lipinski definition) is 2. The van der Waals surface area contributed by atoms with E-state index < -0.39 is 30.1 Å². The van der Waals surface area contributed by atoms with Gasteiger partial charge in [0, 0.05) is 30.8 Å². The highest BCUT2D eigenvalue weighted by molar-refractivity contribution is 7.10. The van der Waals surface area contributed by atoms with Gasteiger partial charge in [0.15, 0.2) is 6.10 Å². The van der Waals surface area contributed by atoms with Crippen LogP contribution in [0.4, 0.5) is 19.5 Å². The molecule has 214 valence electrons. The second-order valence-electron chi connectivity index (χ2n) is 9.98. The summed E-state index contributed by atoms with van der Waals surface area (Å²) in [5, 5.41) is 20.7. The highest BCUT2D eigenvalue weighted by Gasteiger charge is 2.32. The fourth-order valence-corrected chi connectivity index (χ4v) is 6.33. The zero-order chi connectivity index (χ0) is 28.5. The first-order valence-electron chi connectivity index (χ1n) is 13.3. The number of nitrogens with zero attached hydrogens (tertiary/aromatic N) is 5. The predicted molar refractivity (Wildman–Crippen MR) is 149 cm³/mol. The lowest BCUT2D eigenvalue weighted by Crippen LogP contribution is -2.43. The fraction of sp³-hybridized carbons (Fsp3) is 0.357. The molecule has 2 atom stereocenters. The molecule has 2 aliphatic rings. The Morgan fingerprint density at radius 2 is 1.93 bits per heavy atom. The molecule has 41 heavy (non-hydrogen) atoms. The molecule has 1 fully saturated rings. The third-order valence-electron chi connectivity index (χ3n) is 7.51. The number of methoxy groups -OCH3 is 1. The van der Waals surface area contributed by atoms with Crippen LogP contribution in [0.5, 0.6) is 0 Å². The summed E-state index contributed by atoms with van der Waals surface area (Å²) >= 11 is 1.53. The number of imidazole rings is 1. The number of benzene rings is 2. The first-order valence-corrected chi connectivity index (χ1v) is 14.1. The Morgan fingerprint density at radius 3 is 2.68 bits per heavy atom. The van der Waals surface area contributed by atoms with Gasteiger partial charge in [-0.25, -0.2) is 23.5 Å². The number of fused-ring (bicyclic) bond motifs is 1. The van der Waals surface area contributed by atoms with Gasteiger partial charge in [-0.05, 0) is 37.1 Å². The SMILES string of the molecule is COC(=O)Nc1nc2ccccc2n1CC(O)N1CCC(c2nc(C3=NOC(c4c(F)cccc4F)C3)cs2)CC1. The lowest BCUT2D eigenvalue weighted by Gasteiger charge is -2.34. The molecule has 0 aliphatic carbocycles. The number of ether oxygens (including phenoxy) is 1. The van der Waals surface area contributed by atoms with Gasteiger partial charge in [0.05, 0.1) is 41.0 Å². The minimum atomic E-state index is -0.822. The Balaban J connectivity index is 1.08. The monoisotopic (exact) mass is 582 g/mol. The van der Waals surface area contributed by atoms with Crippen molar-refractivity contribution in [3.63, 3.8) is 0 Å². The number of amides is 1. The van der Waals surface area contributed by atoms with Crippen LogP contribution in [0.15, 0.2) is 53.0 Å². The van der Waals surface area contributed by atoms with Crippen LogP contribution in [-0.4, -0.2) is 62.8 Å². The van der Waals surface area contributed by atoms with E-state index in [9.17, 15) is 18.7 Å². The number of rotatable bonds is 7. The molecule has 4 aromatic rings. The van der Waals surface area contributed by atoms with Crippen LogP contribution in [-0.2, 0) is 16.1 Å².